The number of nitrogens with zero attached hydrogens (tertiary/aromatic N) is 5. The number of aliphatic hydroxyl groups excluding tert-OH is 1. The average molecular weight is 393 g/mol. The van der Waals surface area contributed by atoms with Gasteiger partial charge in [-0.1, -0.05) is 30.3 Å². The molecule has 0 aliphatic carbocycles. The molecule has 3 aromatic rings. The molecule has 0 radical (unpaired) electrons. The first-order valence-electron chi connectivity index (χ1n) is 8.45. The number of aliphatic hydroxyl groups is 1. The Morgan fingerprint density at radius 3 is 2.56 bits per heavy atom. The lowest BCUT2D eigenvalue weighted by atomic mass is 10.2. The van der Waals surface area contributed by atoms with Crippen LogP contribution < -0.4 is 22.9 Å². The Morgan fingerprint density at radius 1 is 1.19 bits per heavy atom. The average Bonchev–Trinajstić information content (AvgIpc) is 2.94. The van der Waals surface area contributed by atoms with Gasteiger partial charge < -0.3 is 37.0 Å². The lowest BCUT2D eigenvalue weighted by Crippen LogP contribution is -3.00. The van der Waals surface area contributed by atoms with Gasteiger partial charge in [0.2, 0.25) is 11.8 Å². The molecule has 2 aromatic heterocycles. The molecule has 0 amide bonds. The van der Waals surface area contributed by atoms with Crippen LogP contribution in [0.1, 0.15) is 5.56 Å². The second kappa shape index (κ2) is 8.51. The molecule has 0 bridgehead atoms. The molecule has 146 valence electrons. The van der Waals surface area contributed by atoms with Crippen molar-refractivity contribution in [1.29, 1.82) is 0 Å². The number of ether oxygens (including phenoxy) is 1. The Bertz CT molecular complexity index is 879. The van der Waals surface area contributed by atoms with Crippen molar-refractivity contribution in [2.45, 2.75) is 19.3 Å². The van der Waals surface area contributed by atoms with E-state index in [1.54, 1.807) is 6.33 Å². The van der Waals surface area contributed by atoms with Gasteiger partial charge in [0.25, 0.3) is 0 Å². The van der Waals surface area contributed by atoms with Gasteiger partial charge in [-0.25, -0.2) is 4.98 Å². The van der Waals surface area contributed by atoms with Crippen LogP contribution in [-0.2, 0) is 13.2 Å². The third kappa shape index (κ3) is 5.53. The number of benzene rings is 1. The van der Waals surface area contributed by atoms with Crippen molar-refractivity contribution in [2.24, 2.45) is 0 Å². The fraction of sp³-hybridized carbons (Fsp3) is 0.389. The first-order valence-corrected chi connectivity index (χ1v) is 8.45. The van der Waals surface area contributed by atoms with Crippen molar-refractivity contribution in [3.8, 4) is 5.88 Å². The van der Waals surface area contributed by atoms with Crippen LogP contribution in [0.15, 0.2) is 36.7 Å². The maximum absolute atomic E-state index is 10.4. The minimum atomic E-state index is -0.535. The quantitative estimate of drug-likeness (QED) is 0.454. The van der Waals surface area contributed by atoms with E-state index >= 15 is 0 Å². The number of hydrogen-bond donors (Lipinski definition) is 2. The van der Waals surface area contributed by atoms with E-state index in [-0.39, 0.29) is 18.4 Å². The van der Waals surface area contributed by atoms with Crippen molar-refractivity contribution >= 4 is 17.1 Å². The van der Waals surface area contributed by atoms with Crippen molar-refractivity contribution in [3.05, 3.63) is 42.2 Å². The minimum Gasteiger partial charge on any atom is -1.00 e. The Labute approximate surface area is 164 Å². The van der Waals surface area contributed by atoms with Crippen LogP contribution in [0.5, 0.6) is 5.88 Å². The van der Waals surface area contributed by atoms with E-state index in [2.05, 4.69) is 15.0 Å². The normalized spacial score (nSPS) is 12.6. The number of nitrogens with two attached hydrogens (primary N) is 1. The zero-order valence-corrected chi connectivity index (χ0v) is 16.5. The third-order valence-corrected chi connectivity index (χ3v) is 3.84. The van der Waals surface area contributed by atoms with Crippen LogP contribution in [0.25, 0.3) is 11.2 Å². The van der Waals surface area contributed by atoms with E-state index in [1.165, 1.54) is 0 Å². The van der Waals surface area contributed by atoms with Gasteiger partial charge >= 0.3 is 0 Å². The Hall–Kier alpha value is -2.42. The summed E-state index contributed by atoms with van der Waals surface area (Å²) in [5, 5.41) is 10.4. The molecule has 2 heterocycles. The molecule has 1 aromatic carbocycles. The summed E-state index contributed by atoms with van der Waals surface area (Å²) in [5.74, 6) is 0.476. The van der Waals surface area contributed by atoms with Crippen LogP contribution in [-0.4, -0.2) is 62.9 Å². The Balaban J connectivity index is 0.00000261. The number of likely N-dealkylation sites (N-methyl/N-ethyl adjacent to an activating group) is 1. The highest BCUT2D eigenvalue weighted by molar-refractivity contribution is 5.77. The van der Waals surface area contributed by atoms with Crippen LogP contribution in [0.4, 0.5) is 5.95 Å². The zero-order valence-electron chi connectivity index (χ0n) is 15.7. The summed E-state index contributed by atoms with van der Waals surface area (Å²) in [5.41, 5.74) is 7.90. The van der Waals surface area contributed by atoms with E-state index in [4.69, 9.17) is 10.5 Å². The molecule has 1 atom stereocenters. The van der Waals surface area contributed by atoms with Gasteiger partial charge in [-0.2, -0.15) is 9.97 Å². The number of fused-ring (bicyclic) bond motifs is 1. The second-order valence-corrected chi connectivity index (χ2v) is 7.36. The predicted molar refractivity (Wildman–Crippen MR) is 99.4 cm³/mol. The van der Waals surface area contributed by atoms with Gasteiger partial charge in [-0.3, -0.25) is 0 Å². The fourth-order valence-corrected chi connectivity index (χ4v) is 2.84. The molecular weight excluding hydrogens is 368 g/mol. The summed E-state index contributed by atoms with van der Waals surface area (Å²) in [6.45, 7) is 1.34. The minimum absolute atomic E-state index is 0. The molecule has 0 fully saturated rings. The van der Waals surface area contributed by atoms with E-state index in [1.807, 2.05) is 56.0 Å². The largest absolute Gasteiger partial charge is 1.00 e. The predicted octanol–water partition coefficient (Wildman–Crippen LogP) is -1.94. The van der Waals surface area contributed by atoms with Gasteiger partial charge in [0.05, 0.1) is 34.0 Å². The molecule has 27 heavy (non-hydrogen) atoms. The van der Waals surface area contributed by atoms with E-state index < -0.39 is 6.10 Å². The lowest BCUT2D eigenvalue weighted by Gasteiger charge is -2.26. The van der Waals surface area contributed by atoms with E-state index in [0.29, 0.717) is 41.2 Å². The SMILES string of the molecule is C[N+](C)(C)CC(O)Cn1cnc2nc(N)nc(OCc3ccccc3)c21.[Cl-]. The summed E-state index contributed by atoms with van der Waals surface area (Å²) < 4.78 is 8.37. The topological polar surface area (TPSA) is 99.1 Å². The Morgan fingerprint density at radius 2 is 1.89 bits per heavy atom. The molecular formula is C18H25ClN6O2. The Kier molecular flexibility index (Phi) is 6.59. The lowest BCUT2D eigenvalue weighted by molar-refractivity contribution is -0.873. The first-order chi connectivity index (χ1) is 12.3. The van der Waals surface area contributed by atoms with Crippen molar-refractivity contribution in [1.82, 2.24) is 19.5 Å². The fourth-order valence-electron chi connectivity index (χ4n) is 2.84. The van der Waals surface area contributed by atoms with Crippen LogP contribution in [0.3, 0.4) is 0 Å². The van der Waals surface area contributed by atoms with Crippen LogP contribution >= 0.6 is 0 Å². The van der Waals surface area contributed by atoms with Crippen LogP contribution in [0.2, 0.25) is 0 Å². The summed E-state index contributed by atoms with van der Waals surface area (Å²) >= 11 is 0. The number of hydrogen-bond acceptors (Lipinski definition) is 6. The maximum Gasteiger partial charge on any atom is 0.245 e. The second-order valence-electron chi connectivity index (χ2n) is 7.36. The molecule has 0 saturated heterocycles. The number of aromatic nitrogens is 4. The molecule has 3 rings (SSSR count). The van der Waals surface area contributed by atoms with Gasteiger partial charge in [-0.05, 0) is 5.56 Å². The summed E-state index contributed by atoms with van der Waals surface area (Å²) in [4.78, 5) is 12.7. The molecule has 0 aliphatic rings. The molecule has 9 heteroatoms. The van der Waals surface area contributed by atoms with Gasteiger partial charge in [0, 0.05) is 0 Å². The molecule has 0 spiro atoms. The van der Waals surface area contributed by atoms with Crippen LogP contribution in [0, 0.1) is 0 Å². The van der Waals surface area contributed by atoms with Gasteiger partial charge in [0.1, 0.15) is 19.3 Å². The highest BCUT2D eigenvalue weighted by Gasteiger charge is 2.20. The number of imidazole rings is 1. The smallest absolute Gasteiger partial charge is 0.245 e. The number of quaternary nitrogens is 1. The van der Waals surface area contributed by atoms with Gasteiger partial charge in [0.15, 0.2) is 11.2 Å². The molecule has 8 nitrogen and oxygen atoms in total. The number of rotatable bonds is 7. The molecule has 0 saturated carbocycles. The first kappa shape index (κ1) is 20.9. The zero-order chi connectivity index (χ0) is 18.7. The molecule has 0 aliphatic heterocycles. The third-order valence-electron chi connectivity index (χ3n) is 3.84. The van der Waals surface area contributed by atoms with Gasteiger partial charge in [-0.15, -0.1) is 0 Å². The van der Waals surface area contributed by atoms with E-state index in [9.17, 15) is 5.11 Å². The summed E-state index contributed by atoms with van der Waals surface area (Å²) in [6, 6.07) is 9.81. The standard InChI is InChI=1S/C18H25N6O2.ClH/c1-24(2,3)10-14(25)9-23-12-20-16-15(23)17(22-18(19)21-16)26-11-13-7-5-4-6-8-13;/h4-8,12,14,25H,9-11H2,1-3H3,(H2,19,21,22);1H/q+1;/p-1. The molecule has 1 unspecified atom stereocenters. The number of halogens is 1. The summed E-state index contributed by atoms with van der Waals surface area (Å²) in [6.07, 6.45) is 1.10. The monoisotopic (exact) mass is 392 g/mol. The molecule has 3 N–H and O–H groups in total. The summed E-state index contributed by atoms with van der Waals surface area (Å²) in [7, 11) is 6.11. The maximum atomic E-state index is 10.4. The highest BCUT2D eigenvalue weighted by atomic mass is 35.5. The van der Waals surface area contributed by atoms with Crippen molar-refractivity contribution in [2.75, 3.05) is 33.4 Å². The highest BCUT2D eigenvalue weighted by Crippen LogP contribution is 2.24. The number of anilines is 1. The van der Waals surface area contributed by atoms with Crippen molar-refractivity contribution < 1.29 is 26.7 Å². The van der Waals surface area contributed by atoms with E-state index in [0.717, 1.165) is 5.56 Å². The van der Waals surface area contributed by atoms with Crippen molar-refractivity contribution in [3.63, 3.8) is 0 Å². The number of nitrogen functional groups attached to an aromatic ring is 1.